The number of ether oxygens (including phenoxy) is 2. The van der Waals surface area contributed by atoms with Crippen LogP contribution >= 0.6 is 0 Å². The molecule has 10 heteroatoms. The lowest BCUT2D eigenvalue weighted by Gasteiger charge is -2.13. The average molecular weight is 489 g/mol. The maximum atomic E-state index is 14.0. The third-order valence-electron chi connectivity index (χ3n) is 4.67. The van der Waals surface area contributed by atoms with Gasteiger partial charge in [-0.2, -0.15) is 0 Å². The van der Waals surface area contributed by atoms with E-state index in [1.165, 1.54) is 48.5 Å². The first-order valence-corrected chi connectivity index (χ1v) is 11.7. The van der Waals surface area contributed by atoms with Crippen LogP contribution in [-0.2, 0) is 19.5 Å². The Bertz CT molecular complexity index is 1320. The molecular weight excluding hydrogens is 468 g/mol. The Balaban J connectivity index is 1.89. The lowest BCUT2D eigenvalue weighted by Crippen LogP contribution is -2.17. The van der Waals surface area contributed by atoms with E-state index in [1.807, 2.05) is 0 Å². The fraction of sp³-hybridized carbons (Fsp3) is 0.167. The zero-order chi connectivity index (χ0) is 24.9. The number of esters is 2. The van der Waals surface area contributed by atoms with Crippen LogP contribution in [0.15, 0.2) is 65.6 Å². The highest BCUT2D eigenvalue weighted by Gasteiger charge is 2.22. The molecule has 0 aliphatic heterocycles. The van der Waals surface area contributed by atoms with Gasteiger partial charge in [0.15, 0.2) is 0 Å². The first-order valence-electron chi connectivity index (χ1n) is 10.2. The molecule has 0 atom stereocenters. The Morgan fingerprint density at radius 2 is 1.44 bits per heavy atom. The number of rotatable bonds is 8. The second kappa shape index (κ2) is 10.4. The van der Waals surface area contributed by atoms with Gasteiger partial charge in [-0.15, -0.1) is 0 Å². The van der Waals surface area contributed by atoms with E-state index in [2.05, 4.69) is 4.72 Å². The number of anilines is 1. The summed E-state index contributed by atoms with van der Waals surface area (Å²) in [5.74, 6) is -3.05. The quantitative estimate of drug-likeness (QED) is 0.457. The third-order valence-corrected chi connectivity index (χ3v) is 6.07. The van der Waals surface area contributed by atoms with E-state index >= 15 is 0 Å². The number of sulfonamides is 1. The van der Waals surface area contributed by atoms with Crippen molar-refractivity contribution in [3.8, 4) is 11.1 Å². The topological polar surface area (TPSA) is 98.8 Å². The predicted molar refractivity (Wildman–Crippen MR) is 121 cm³/mol. The summed E-state index contributed by atoms with van der Waals surface area (Å²) < 4.78 is 65.1. The van der Waals surface area contributed by atoms with Gasteiger partial charge in [0.1, 0.15) is 11.6 Å². The minimum atomic E-state index is -4.10. The van der Waals surface area contributed by atoms with Crippen LogP contribution < -0.4 is 4.72 Å². The highest BCUT2D eigenvalue weighted by molar-refractivity contribution is 7.92. The van der Waals surface area contributed by atoms with Crippen LogP contribution in [0.3, 0.4) is 0 Å². The standard InChI is InChI=1S/C24H21F2NO6S/c1-3-32-23(28)20-12-8-17(14-21(20)24(29)33-4-2)27-34(30,31)18-9-5-15(6-10-18)19-11-7-16(25)13-22(19)26/h5-14,27H,3-4H2,1-2H3. The van der Waals surface area contributed by atoms with Crippen molar-refractivity contribution in [2.24, 2.45) is 0 Å². The van der Waals surface area contributed by atoms with Crippen LogP contribution in [0.1, 0.15) is 34.6 Å². The molecule has 3 rings (SSSR count). The number of carbonyl (C=O) groups is 2. The highest BCUT2D eigenvalue weighted by atomic mass is 32.2. The Labute approximate surface area is 195 Å². The molecule has 3 aromatic carbocycles. The molecule has 0 aromatic heterocycles. The molecule has 7 nitrogen and oxygen atoms in total. The molecule has 1 N–H and O–H groups in total. The van der Waals surface area contributed by atoms with Crippen molar-refractivity contribution in [1.29, 1.82) is 0 Å². The summed E-state index contributed by atoms with van der Waals surface area (Å²) in [6.45, 7) is 3.35. The lowest BCUT2D eigenvalue weighted by molar-refractivity contribution is 0.0479. The maximum Gasteiger partial charge on any atom is 0.339 e. The molecular formula is C24H21F2NO6S. The van der Waals surface area contributed by atoms with Gasteiger partial charge in [0.25, 0.3) is 10.0 Å². The molecule has 178 valence electrons. The molecule has 0 amide bonds. The highest BCUT2D eigenvalue weighted by Crippen LogP contribution is 2.26. The maximum absolute atomic E-state index is 14.0. The molecule has 0 radical (unpaired) electrons. The Hall–Kier alpha value is -3.79. The van der Waals surface area contributed by atoms with E-state index in [0.29, 0.717) is 5.56 Å². The third kappa shape index (κ3) is 5.57. The van der Waals surface area contributed by atoms with Crippen LogP contribution in [0.4, 0.5) is 14.5 Å². The number of hydrogen-bond donors (Lipinski definition) is 1. The Morgan fingerprint density at radius 1 is 0.824 bits per heavy atom. The van der Waals surface area contributed by atoms with Crippen LogP contribution in [0.5, 0.6) is 0 Å². The van der Waals surface area contributed by atoms with E-state index in [1.54, 1.807) is 13.8 Å². The second-order valence-corrected chi connectivity index (χ2v) is 8.64. The zero-order valence-corrected chi connectivity index (χ0v) is 19.1. The monoisotopic (exact) mass is 489 g/mol. The molecule has 0 saturated heterocycles. The SMILES string of the molecule is CCOC(=O)c1ccc(NS(=O)(=O)c2ccc(-c3ccc(F)cc3F)cc2)cc1C(=O)OCC. The van der Waals surface area contributed by atoms with E-state index in [-0.39, 0.29) is 40.5 Å². The van der Waals surface area contributed by atoms with Gasteiger partial charge in [0.2, 0.25) is 0 Å². The minimum Gasteiger partial charge on any atom is -0.462 e. The number of benzene rings is 3. The van der Waals surface area contributed by atoms with E-state index in [0.717, 1.165) is 12.1 Å². The number of nitrogens with one attached hydrogen (secondary N) is 1. The second-order valence-electron chi connectivity index (χ2n) is 6.96. The fourth-order valence-electron chi connectivity index (χ4n) is 3.12. The molecule has 34 heavy (non-hydrogen) atoms. The van der Waals surface area contributed by atoms with Crippen molar-refractivity contribution < 1.29 is 36.3 Å². The summed E-state index contributed by atoms with van der Waals surface area (Å²) in [4.78, 5) is 24.4. The van der Waals surface area contributed by atoms with Crippen LogP contribution in [-0.4, -0.2) is 33.6 Å². The summed E-state index contributed by atoms with van der Waals surface area (Å²) in [7, 11) is -4.10. The van der Waals surface area contributed by atoms with Gasteiger partial charge in [0.05, 0.1) is 29.2 Å². The summed E-state index contributed by atoms with van der Waals surface area (Å²) in [6, 6.07) is 12.2. The van der Waals surface area contributed by atoms with Crippen LogP contribution in [0.2, 0.25) is 0 Å². The van der Waals surface area contributed by atoms with E-state index in [9.17, 15) is 26.8 Å². The molecule has 0 spiro atoms. The summed E-state index contributed by atoms with van der Waals surface area (Å²) in [6.07, 6.45) is 0. The molecule has 3 aromatic rings. The van der Waals surface area contributed by atoms with Crippen molar-refractivity contribution in [3.63, 3.8) is 0 Å². The van der Waals surface area contributed by atoms with Gasteiger partial charge in [-0.1, -0.05) is 12.1 Å². The first kappa shape index (κ1) is 24.8. The number of hydrogen-bond acceptors (Lipinski definition) is 6. The van der Waals surface area contributed by atoms with Gasteiger partial charge in [-0.3, -0.25) is 4.72 Å². The van der Waals surface area contributed by atoms with Crippen molar-refractivity contribution in [1.82, 2.24) is 0 Å². The fourth-order valence-corrected chi connectivity index (χ4v) is 4.17. The zero-order valence-electron chi connectivity index (χ0n) is 18.3. The van der Waals surface area contributed by atoms with Crippen LogP contribution in [0, 0.1) is 11.6 Å². The Kier molecular flexibility index (Phi) is 7.62. The van der Waals surface area contributed by atoms with Crippen LogP contribution in [0.25, 0.3) is 11.1 Å². The Morgan fingerprint density at radius 3 is 2.03 bits per heavy atom. The van der Waals surface area contributed by atoms with E-state index < -0.39 is 33.6 Å². The van der Waals surface area contributed by atoms with Gasteiger partial charge in [-0.05, 0) is 61.9 Å². The average Bonchev–Trinajstić information content (AvgIpc) is 2.79. The normalized spacial score (nSPS) is 11.1. The summed E-state index contributed by atoms with van der Waals surface area (Å²) >= 11 is 0. The molecule has 0 fully saturated rings. The van der Waals surface area contributed by atoms with Crippen molar-refractivity contribution >= 4 is 27.6 Å². The molecule has 0 bridgehead atoms. The summed E-state index contributed by atoms with van der Waals surface area (Å²) in [5.41, 5.74) is 0.285. The molecule has 0 saturated carbocycles. The van der Waals surface area contributed by atoms with Gasteiger partial charge in [0, 0.05) is 17.3 Å². The van der Waals surface area contributed by atoms with Gasteiger partial charge >= 0.3 is 11.9 Å². The first-order chi connectivity index (χ1) is 16.2. The lowest BCUT2D eigenvalue weighted by atomic mass is 10.1. The number of halogens is 2. The van der Waals surface area contributed by atoms with Crippen molar-refractivity contribution in [2.45, 2.75) is 18.7 Å². The summed E-state index contributed by atoms with van der Waals surface area (Å²) in [5, 5.41) is 0. The predicted octanol–water partition coefficient (Wildman–Crippen LogP) is 4.79. The largest absolute Gasteiger partial charge is 0.462 e. The van der Waals surface area contributed by atoms with Gasteiger partial charge in [-0.25, -0.2) is 26.8 Å². The van der Waals surface area contributed by atoms with Crippen molar-refractivity contribution in [2.75, 3.05) is 17.9 Å². The van der Waals surface area contributed by atoms with Crippen molar-refractivity contribution in [3.05, 3.63) is 83.4 Å². The number of carbonyl (C=O) groups excluding carboxylic acids is 2. The molecule has 0 aliphatic carbocycles. The molecule has 0 aliphatic rings. The molecule has 0 unspecified atom stereocenters. The van der Waals surface area contributed by atoms with E-state index in [4.69, 9.17) is 9.47 Å². The minimum absolute atomic E-state index is 0.0183. The molecule has 0 heterocycles. The smallest absolute Gasteiger partial charge is 0.339 e. The van der Waals surface area contributed by atoms with Gasteiger partial charge < -0.3 is 9.47 Å².